The van der Waals surface area contributed by atoms with Gasteiger partial charge in [0, 0.05) is 0 Å². The molecule has 0 atom stereocenters. The van der Waals surface area contributed by atoms with Crippen molar-refractivity contribution in [2.45, 2.75) is 4.90 Å². The van der Waals surface area contributed by atoms with Gasteiger partial charge in [-0.25, -0.2) is 0 Å². The van der Waals surface area contributed by atoms with Crippen LogP contribution < -0.4 is 0 Å². The standard InChI is InChI=1S/C7H6O5S.2Na.2H/c8-4-5-3-6(13(10,11)12)1-2-7(5)9;;;;/h1-4,9H,(H,10,11,12);;;;. The number of benzene rings is 1. The summed E-state index contributed by atoms with van der Waals surface area (Å²) in [5, 5.41) is 8.99. The van der Waals surface area contributed by atoms with E-state index in [4.69, 9.17) is 9.66 Å². The summed E-state index contributed by atoms with van der Waals surface area (Å²) in [6.45, 7) is 0. The molecule has 0 aliphatic carbocycles. The first-order valence-electron chi connectivity index (χ1n) is 3.21. The monoisotopic (exact) mass is 250 g/mol. The Labute approximate surface area is 131 Å². The fourth-order valence-corrected chi connectivity index (χ4v) is 1.30. The van der Waals surface area contributed by atoms with Crippen molar-refractivity contribution >= 4 is 75.5 Å². The van der Waals surface area contributed by atoms with Crippen molar-refractivity contribution in [3.8, 4) is 5.75 Å². The summed E-state index contributed by atoms with van der Waals surface area (Å²) in [5.41, 5.74) is -0.185. The molecule has 0 saturated carbocycles. The number of carbonyl (C=O) groups is 1. The van der Waals surface area contributed by atoms with Crippen molar-refractivity contribution < 1.29 is 22.9 Å². The zero-order chi connectivity index (χ0) is 10.1. The molecule has 5 nitrogen and oxygen atoms in total. The third-order valence-corrected chi connectivity index (χ3v) is 2.27. The average molecular weight is 250 g/mol. The van der Waals surface area contributed by atoms with Gasteiger partial charge in [0.25, 0.3) is 10.1 Å². The molecule has 2 N–H and O–H groups in total. The first-order valence-corrected chi connectivity index (χ1v) is 4.65. The topological polar surface area (TPSA) is 91.7 Å². The molecule has 8 heteroatoms. The number of phenolic OH excluding ortho intramolecular Hbond substituents is 1. The van der Waals surface area contributed by atoms with E-state index in [2.05, 4.69) is 0 Å². The van der Waals surface area contributed by atoms with Crippen LogP contribution in [0.2, 0.25) is 0 Å². The Morgan fingerprint density at radius 2 is 1.73 bits per heavy atom. The molecule has 0 heterocycles. The van der Waals surface area contributed by atoms with Gasteiger partial charge in [-0.2, -0.15) is 8.42 Å². The van der Waals surface area contributed by atoms with Gasteiger partial charge in [0.2, 0.25) is 0 Å². The van der Waals surface area contributed by atoms with Crippen LogP contribution in [0.25, 0.3) is 0 Å². The van der Waals surface area contributed by atoms with Crippen LogP contribution >= 0.6 is 0 Å². The maximum absolute atomic E-state index is 10.6. The first kappa shape index (κ1) is 18.0. The number of phenols is 1. The van der Waals surface area contributed by atoms with Crippen LogP contribution in [0.15, 0.2) is 23.1 Å². The van der Waals surface area contributed by atoms with E-state index in [9.17, 15) is 13.2 Å². The summed E-state index contributed by atoms with van der Waals surface area (Å²) < 4.78 is 29.7. The molecular formula is C7H8Na2O5S. The molecule has 0 aliphatic rings. The predicted molar refractivity (Wildman–Crippen MR) is 57.6 cm³/mol. The van der Waals surface area contributed by atoms with E-state index in [1.165, 1.54) is 0 Å². The zero-order valence-electron chi connectivity index (χ0n) is 6.34. The van der Waals surface area contributed by atoms with Gasteiger partial charge in [0.1, 0.15) is 5.75 Å². The number of hydrogen-bond acceptors (Lipinski definition) is 4. The van der Waals surface area contributed by atoms with Crippen LogP contribution in [0, 0.1) is 0 Å². The van der Waals surface area contributed by atoms with Crippen molar-refractivity contribution in [3.05, 3.63) is 23.8 Å². The molecule has 15 heavy (non-hydrogen) atoms. The average Bonchev–Trinajstić information content (AvgIpc) is 2.03. The van der Waals surface area contributed by atoms with Crippen molar-refractivity contribution in [2.24, 2.45) is 0 Å². The first-order chi connectivity index (χ1) is 5.95. The Bertz CT molecular complexity index is 443. The van der Waals surface area contributed by atoms with Gasteiger partial charge in [-0.05, 0) is 18.2 Å². The molecule has 1 aromatic rings. The molecule has 0 amide bonds. The van der Waals surface area contributed by atoms with E-state index in [1.54, 1.807) is 0 Å². The van der Waals surface area contributed by atoms with Gasteiger partial charge >= 0.3 is 59.1 Å². The molecule has 0 aliphatic heterocycles. The van der Waals surface area contributed by atoms with Crippen LogP contribution in [0.5, 0.6) is 5.75 Å². The third-order valence-electron chi connectivity index (χ3n) is 1.42. The molecule has 0 saturated heterocycles. The quantitative estimate of drug-likeness (QED) is 0.405. The summed E-state index contributed by atoms with van der Waals surface area (Å²) in [5.74, 6) is -0.331. The zero-order valence-corrected chi connectivity index (χ0v) is 7.15. The van der Waals surface area contributed by atoms with E-state index in [-0.39, 0.29) is 70.4 Å². The SMILES string of the molecule is O=Cc1cc(S(=O)(=O)O)ccc1O.[NaH].[NaH]. The van der Waals surface area contributed by atoms with E-state index in [1.807, 2.05) is 0 Å². The molecule has 0 unspecified atom stereocenters. The van der Waals surface area contributed by atoms with Crippen LogP contribution in [0.4, 0.5) is 0 Å². The Morgan fingerprint density at radius 1 is 1.20 bits per heavy atom. The van der Waals surface area contributed by atoms with Gasteiger partial charge in [-0.1, -0.05) is 0 Å². The fraction of sp³-hybridized carbons (Fsp3) is 0. The summed E-state index contributed by atoms with van der Waals surface area (Å²) in [4.78, 5) is 9.85. The Morgan fingerprint density at radius 3 is 2.13 bits per heavy atom. The van der Waals surface area contributed by atoms with Crippen molar-refractivity contribution in [1.29, 1.82) is 0 Å². The van der Waals surface area contributed by atoms with Crippen LogP contribution in [0.3, 0.4) is 0 Å². The second kappa shape index (κ2) is 7.03. The number of rotatable bonds is 2. The predicted octanol–water partition coefficient (Wildman–Crippen LogP) is -0.846. The number of carbonyl (C=O) groups excluding carboxylic acids is 1. The van der Waals surface area contributed by atoms with E-state index in [0.717, 1.165) is 18.2 Å². The summed E-state index contributed by atoms with van der Waals surface area (Å²) in [6, 6.07) is 2.90. The van der Waals surface area contributed by atoms with Gasteiger partial charge in [0.15, 0.2) is 6.29 Å². The molecule has 0 bridgehead atoms. The Hall–Kier alpha value is 0.600. The number of aromatic hydroxyl groups is 1. The third kappa shape index (κ3) is 4.97. The number of aldehydes is 1. The molecule has 1 rings (SSSR count). The molecule has 0 fully saturated rings. The minimum absolute atomic E-state index is 0. The van der Waals surface area contributed by atoms with Gasteiger partial charge < -0.3 is 5.11 Å². The van der Waals surface area contributed by atoms with Crippen molar-refractivity contribution in [3.63, 3.8) is 0 Å². The molecular weight excluding hydrogens is 242 g/mol. The molecule has 74 valence electrons. The minimum atomic E-state index is -4.32. The molecule has 1 aromatic carbocycles. The van der Waals surface area contributed by atoms with Crippen LogP contribution in [-0.4, -0.2) is 83.5 Å². The van der Waals surface area contributed by atoms with Gasteiger partial charge in [0.05, 0.1) is 10.5 Å². The summed E-state index contributed by atoms with van der Waals surface area (Å²) in [7, 11) is -4.32. The number of hydrogen-bond donors (Lipinski definition) is 2. The van der Waals surface area contributed by atoms with Gasteiger partial charge in [-0.3, -0.25) is 9.35 Å². The van der Waals surface area contributed by atoms with Crippen LogP contribution in [0.1, 0.15) is 10.4 Å². The summed E-state index contributed by atoms with van der Waals surface area (Å²) >= 11 is 0. The molecule has 0 radical (unpaired) electrons. The van der Waals surface area contributed by atoms with E-state index < -0.39 is 15.0 Å². The normalized spacial score (nSPS) is 9.67. The molecule has 0 spiro atoms. The van der Waals surface area contributed by atoms with E-state index in [0.29, 0.717) is 6.29 Å². The van der Waals surface area contributed by atoms with Gasteiger partial charge in [-0.15, -0.1) is 0 Å². The van der Waals surface area contributed by atoms with Crippen molar-refractivity contribution in [1.82, 2.24) is 0 Å². The second-order valence-corrected chi connectivity index (χ2v) is 3.74. The second-order valence-electron chi connectivity index (χ2n) is 2.31. The van der Waals surface area contributed by atoms with Crippen molar-refractivity contribution in [2.75, 3.05) is 0 Å². The Balaban J connectivity index is 0. The van der Waals surface area contributed by atoms with E-state index >= 15 is 0 Å². The summed E-state index contributed by atoms with van der Waals surface area (Å²) in [6.07, 6.45) is 0.296. The Kier molecular flexibility index (Phi) is 8.43. The molecule has 0 aromatic heterocycles. The maximum atomic E-state index is 10.6. The van der Waals surface area contributed by atoms with Crippen LogP contribution in [-0.2, 0) is 10.1 Å². The fourth-order valence-electron chi connectivity index (χ4n) is 0.787.